The normalized spacial score (nSPS) is 12.3. The van der Waals surface area contributed by atoms with Crippen LogP contribution in [0.3, 0.4) is 0 Å². The van der Waals surface area contributed by atoms with E-state index in [0.29, 0.717) is 39.9 Å². The second-order valence-corrected chi connectivity index (χ2v) is 16.0. The first-order chi connectivity index (χ1) is 32.0. The summed E-state index contributed by atoms with van der Waals surface area (Å²) in [4.78, 5) is 15.1. The highest BCUT2D eigenvalue weighted by molar-refractivity contribution is 5.83. The largest absolute Gasteiger partial charge is 0.472 e. The molecule has 0 atom stereocenters. The van der Waals surface area contributed by atoms with Crippen molar-refractivity contribution in [3.63, 3.8) is 0 Å². The number of rotatable bonds is 8. The van der Waals surface area contributed by atoms with Crippen LogP contribution < -0.4 is 4.74 Å². The summed E-state index contributed by atoms with van der Waals surface area (Å²) in [5.74, 6) is 1.49. The standard InChI is InChI=1S/C59H37FN4O/c60-51-35-47(45-31-32-53-52-21-10-11-22-54(52)59(65-55(53)37-45,49-17-6-2-7-18-49)50-19-8-3-9-20-50)34-48(36-51)58-63-56(43-29-27-41(28-30-43)40-13-4-1-5-14-40)62-57(64-58)46-16-12-15-44(33-46)42-25-23-39(38-61)24-26-42/h1-37H. The van der Waals surface area contributed by atoms with Gasteiger partial charge in [0.25, 0.3) is 0 Å². The molecule has 1 aliphatic heterocycles. The van der Waals surface area contributed by atoms with Crippen molar-refractivity contribution >= 4 is 0 Å². The first kappa shape index (κ1) is 39.1. The van der Waals surface area contributed by atoms with Crippen LogP contribution in [0.1, 0.15) is 22.3 Å². The highest BCUT2D eigenvalue weighted by atomic mass is 19.1. The average Bonchev–Trinajstić information content (AvgIpc) is 3.38. The summed E-state index contributed by atoms with van der Waals surface area (Å²) < 4.78 is 23.4. The highest BCUT2D eigenvalue weighted by Crippen LogP contribution is 2.52. The predicted octanol–water partition coefficient (Wildman–Crippen LogP) is 14.2. The van der Waals surface area contributed by atoms with Crippen molar-refractivity contribution in [2.45, 2.75) is 5.60 Å². The fourth-order valence-electron chi connectivity index (χ4n) is 8.86. The molecule has 0 saturated heterocycles. The van der Waals surface area contributed by atoms with Crippen LogP contribution in [0.15, 0.2) is 224 Å². The van der Waals surface area contributed by atoms with E-state index in [9.17, 15) is 5.26 Å². The molecule has 0 bridgehead atoms. The number of halogens is 1. The van der Waals surface area contributed by atoms with Gasteiger partial charge in [-0.25, -0.2) is 19.3 Å². The lowest BCUT2D eigenvalue weighted by Gasteiger charge is -2.41. The molecule has 6 heteroatoms. The minimum absolute atomic E-state index is 0.331. The molecule has 0 N–H and O–H groups in total. The van der Waals surface area contributed by atoms with Gasteiger partial charge in [-0.05, 0) is 81.4 Å². The van der Waals surface area contributed by atoms with Crippen LogP contribution in [0.2, 0.25) is 0 Å². The van der Waals surface area contributed by atoms with Crippen molar-refractivity contribution in [3.05, 3.63) is 253 Å². The summed E-state index contributed by atoms with van der Waals surface area (Å²) in [6.07, 6.45) is 0. The molecule has 0 amide bonds. The Bertz CT molecular complexity index is 3370. The maximum Gasteiger partial charge on any atom is 0.185 e. The highest BCUT2D eigenvalue weighted by Gasteiger charge is 2.44. The van der Waals surface area contributed by atoms with Gasteiger partial charge in [-0.1, -0.05) is 182 Å². The van der Waals surface area contributed by atoms with Gasteiger partial charge in [-0.2, -0.15) is 5.26 Å². The Balaban J connectivity index is 1.03. The molecule has 2 heterocycles. The monoisotopic (exact) mass is 836 g/mol. The number of aromatic nitrogens is 3. The third-order valence-electron chi connectivity index (χ3n) is 12.0. The average molecular weight is 837 g/mol. The Kier molecular flexibility index (Phi) is 9.91. The van der Waals surface area contributed by atoms with E-state index < -0.39 is 11.4 Å². The van der Waals surface area contributed by atoms with Crippen molar-refractivity contribution in [2.75, 3.05) is 0 Å². The first-order valence-electron chi connectivity index (χ1n) is 21.4. The molecule has 9 aromatic carbocycles. The quantitative estimate of drug-likeness (QED) is 0.152. The Morgan fingerprint density at radius 1 is 0.385 bits per heavy atom. The summed E-state index contributed by atoms with van der Waals surface area (Å²) in [5.41, 5.74) is 12.3. The Morgan fingerprint density at radius 2 is 0.862 bits per heavy atom. The van der Waals surface area contributed by atoms with Crippen LogP contribution >= 0.6 is 0 Å². The van der Waals surface area contributed by atoms with E-state index in [2.05, 4.69) is 84.9 Å². The summed E-state index contributed by atoms with van der Waals surface area (Å²) in [6, 6.07) is 76.0. The minimum atomic E-state index is -0.938. The topological polar surface area (TPSA) is 71.7 Å². The third kappa shape index (κ3) is 7.31. The molecule has 0 radical (unpaired) electrons. The van der Waals surface area contributed by atoms with E-state index in [1.807, 2.05) is 121 Å². The van der Waals surface area contributed by atoms with Gasteiger partial charge < -0.3 is 4.74 Å². The lowest BCUT2D eigenvalue weighted by Crippen LogP contribution is -2.38. The SMILES string of the molecule is N#Cc1ccc(-c2cccc(-c3nc(-c4ccc(-c5ccccc5)cc4)nc(-c4cc(F)cc(-c5ccc6c(c5)OC(c5ccccc5)(c5ccccc5)c5ccccc5-6)c4)n3)c2)cc1. The van der Waals surface area contributed by atoms with Gasteiger partial charge in [-0.15, -0.1) is 0 Å². The summed E-state index contributed by atoms with van der Waals surface area (Å²) in [7, 11) is 0. The fraction of sp³-hybridized carbons (Fsp3) is 0.0169. The maximum atomic E-state index is 16.1. The molecule has 0 fully saturated rings. The van der Waals surface area contributed by atoms with Crippen molar-refractivity contribution in [2.24, 2.45) is 0 Å². The zero-order chi connectivity index (χ0) is 43.7. The summed E-state index contributed by atoms with van der Waals surface area (Å²) in [6.45, 7) is 0. The van der Waals surface area contributed by atoms with E-state index in [1.165, 1.54) is 12.1 Å². The molecule has 11 rings (SSSR count). The molecule has 0 saturated carbocycles. The molecule has 10 aromatic rings. The van der Waals surface area contributed by atoms with E-state index >= 15 is 4.39 Å². The molecule has 5 nitrogen and oxygen atoms in total. The van der Waals surface area contributed by atoms with Crippen LogP contribution in [-0.2, 0) is 5.60 Å². The zero-order valence-corrected chi connectivity index (χ0v) is 34.9. The maximum absolute atomic E-state index is 16.1. The van der Waals surface area contributed by atoms with Crippen LogP contribution in [-0.4, -0.2) is 15.0 Å². The van der Waals surface area contributed by atoms with Gasteiger partial charge in [0.2, 0.25) is 0 Å². The van der Waals surface area contributed by atoms with Crippen LogP contribution in [0, 0.1) is 17.1 Å². The number of ether oxygens (including phenoxy) is 1. The van der Waals surface area contributed by atoms with Gasteiger partial charge in [0, 0.05) is 38.9 Å². The second-order valence-electron chi connectivity index (χ2n) is 16.0. The van der Waals surface area contributed by atoms with E-state index in [1.54, 1.807) is 12.1 Å². The summed E-state index contributed by atoms with van der Waals surface area (Å²) >= 11 is 0. The molecule has 1 aromatic heterocycles. The number of benzene rings is 9. The van der Waals surface area contributed by atoms with Gasteiger partial charge in [0.1, 0.15) is 11.6 Å². The molecular formula is C59H37FN4O. The predicted molar refractivity (Wildman–Crippen MR) is 256 cm³/mol. The Hall–Kier alpha value is -8.79. The van der Waals surface area contributed by atoms with Gasteiger partial charge in [-0.3, -0.25) is 0 Å². The van der Waals surface area contributed by atoms with Crippen molar-refractivity contribution in [3.8, 4) is 90.5 Å². The number of nitriles is 1. The molecular weight excluding hydrogens is 800 g/mol. The number of hydrogen-bond acceptors (Lipinski definition) is 5. The summed E-state index contributed by atoms with van der Waals surface area (Å²) in [5, 5.41) is 9.38. The van der Waals surface area contributed by atoms with E-state index in [-0.39, 0.29) is 0 Å². The molecule has 0 aliphatic carbocycles. The van der Waals surface area contributed by atoms with E-state index in [0.717, 1.165) is 66.8 Å². The molecule has 1 aliphatic rings. The number of nitrogens with zero attached hydrogens (tertiary/aromatic N) is 4. The first-order valence-corrected chi connectivity index (χ1v) is 21.4. The van der Waals surface area contributed by atoms with Crippen LogP contribution in [0.25, 0.3) is 78.7 Å². The molecule has 0 unspecified atom stereocenters. The fourth-order valence-corrected chi connectivity index (χ4v) is 8.86. The van der Waals surface area contributed by atoms with E-state index in [4.69, 9.17) is 19.7 Å². The minimum Gasteiger partial charge on any atom is -0.472 e. The van der Waals surface area contributed by atoms with Crippen molar-refractivity contribution < 1.29 is 9.13 Å². The lowest BCUT2D eigenvalue weighted by molar-refractivity contribution is 0.152. The molecule has 0 spiro atoms. The Labute approximate surface area is 376 Å². The third-order valence-corrected chi connectivity index (χ3v) is 12.0. The smallest absolute Gasteiger partial charge is 0.185 e. The zero-order valence-electron chi connectivity index (χ0n) is 34.9. The van der Waals surface area contributed by atoms with Crippen molar-refractivity contribution in [1.29, 1.82) is 5.26 Å². The lowest BCUT2D eigenvalue weighted by atomic mass is 9.75. The molecule has 306 valence electrons. The number of fused-ring (bicyclic) bond motifs is 3. The van der Waals surface area contributed by atoms with Gasteiger partial charge in [0.15, 0.2) is 23.1 Å². The number of hydrogen-bond donors (Lipinski definition) is 0. The van der Waals surface area contributed by atoms with Gasteiger partial charge >= 0.3 is 0 Å². The van der Waals surface area contributed by atoms with Crippen molar-refractivity contribution in [1.82, 2.24) is 15.0 Å². The second kappa shape index (κ2) is 16.5. The van der Waals surface area contributed by atoms with Gasteiger partial charge in [0.05, 0.1) is 11.6 Å². The van der Waals surface area contributed by atoms with Crippen LogP contribution in [0.4, 0.5) is 4.39 Å². The van der Waals surface area contributed by atoms with Crippen LogP contribution in [0.5, 0.6) is 5.75 Å². The molecule has 65 heavy (non-hydrogen) atoms. The Morgan fingerprint density at radius 3 is 1.55 bits per heavy atom.